The molecule has 8 nitrogen and oxygen atoms in total. The Bertz CT molecular complexity index is 970. The number of hydrogen-bond donors (Lipinski definition) is 4. The second-order valence-corrected chi connectivity index (χ2v) is 6.47. The number of aromatic nitrogens is 3. The van der Waals surface area contributed by atoms with Crippen molar-refractivity contribution in [3.05, 3.63) is 59.5 Å². The number of carbonyl (C=O) groups is 1. The van der Waals surface area contributed by atoms with Crippen LogP contribution in [0.5, 0.6) is 5.75 Å². The van der Waals surface area contributed by atoms with E-state index in [1.54, 1.807) is 37.7 Å². The predicted molar refractivity (Wildman–Crippen MR) is 111 cm³/mol. The predicted octanol–water partition coefficient (Wildman–Crippen LogP) is 2.73. The number of phenols is 1. The molecule has 3 aromatic rings. The van der Waals surface area contributed by atoms with Crippen LogP contribution in [0.2, 0.25) is 0 Å². The number of benzene rings is 1. The SMILES string of the molecule is CCNc1ncc(COC)c(-c2c[nH]c(C(=O)NCCc3ccccc3O)c2)n1. The minimum Gasteiger partial charge on any atom is -0.508 e. The van der Waals surface area contributed by atoms with Gasteiger partial charge in [-0.25, -0.2) is 9.97 Å². The van der Waals surface area contributed by atoms with Gasteiger partial charge in [0.2, 0.25) is 5.95 Å². The van der Waals surface area contributed by atoms with Gasteiger partial charge in [-0.3, -0.25) is 4.79 Å². The number of nitrogens with zero attached hydrogens (tertiary/aromatic N) is 2. The average Bonchev–Trinajstić information content (AvgIpc) is 3.21. The molecule has 8 heteroatoms. The van der Waals surface area contributed by atoms with Gasteiger partial charge in [-0.1, -0.05) is 18.2 Å². The zero-order valence-corrected chi connectivity index (χ0v) is 16.5. The van der Waals surface area contributed by atoms with Crippen LogP contribution < -0.4 is 10.6 Å². The van der Waals surface area contributed by atoms with Gasteiger partial charge in [0.1, 0.15) is 11.4 Å². The maximum atomic E-state index is 12.5. The van der Waals surface area contributed by atoms with Crippen LogP contribution in [0.25, 0.3) is 11.3 Å². The van der Waals surface area contributed by atoms with E-state index in [2.05, 4.69) is 25.6 Å². The summed E-state index contributed by atoms with van der Waals surface area (Å²) < 4.78 is 5.24. The molecule has 0 aliphatic carbocycles. The summed E-state index contributed by atoms with van der Waals surface area (Å²) in [5.41, 5.74) is 3.55. The molecule has 1 amide bonds. The molecule has 3 rings (SSSR count). The first-order valence-corrected chi connectivity index (χ1v) is 9.45. The van der Waals surface area contributed by atoms with Gasteiger partial charge in [-0.15, -0.1) is 0 Å². The fraction of sp³-hybridized carbons (Fsp3) is 0.286. The topological polar surface area (TPSA) is 112 Å². The summed E-state index contributed by atoms with van der Waals surface area (Å²) in [5.74, 6) is 0.535. The molecule has 152 valence electrons. The van der Waals surface area contributed by atoms with Crippen LogP contribution >= 0.6 is 0 Å². The van der Waals surface area contributed by atoms with Crippen molar-refractivity contribution in [2.75, 3.05) is 25.5 Å². The van der Waals surface area contributed by atoms with Gasteiger partial charge in [-0.05, 0) is 31.0 Å². The number of methoxy groups -OCH3 is 1. The zero-order chi connectivity index (χ0) is 20.6. The minimum atomic E-state index is -0.221. The molecule has 4 N–H and O–H groups in total. The normalized spacial score (nSPS) is 10.7. The monoisotopic (exact) mass is 395 g/mol. The summed E-state index contributed by atoms with van der Waals surface area (Å²) >= 11 is 0. The second-order valence-electron chi connectivity index (χ2n) is 6.47. The molecular formula is C21H25N5O3. The first-order valence-electron chi connectivity index (χ1n) is 9.45. The maximum absolute atomic E-state index is 12.5. The fourth-order valence-corrected chi connectivity index (χ4v) is 2.95. The standard InChI is InChI=1S/C21H25N5O3/c1-3-22-21-25-12-16(13-29-2)19(26-21)15-10-17(24-11-15)20(28)23-9-8-14-6-4-5-7-18(14)27/h4-7,10-12,24,27H,3,8-9,13H2,1-2H3,(H,23,28)(H,22,25,26). The van der Waals surface area contributed by atoms with E-state index in [0.29, 0.717) is 43.5 Å². The smallest absolute Gasteiger partial charge is 0.267 e. The molecule has 29 heavy (non-hydrogen) atoms. The largest absolute Gasteiger partial charge is 0.508 e. The number of anilines is 1. The van der Waals surface area contributed by atoms with Gasteiger partial charge in [0.05, 0.1) is 12.3 Å². The quantitative estimate of drug-likeness (QED) is 0.443. The number of amides is 1. The van der Waals surface area contributed by atoms with E-state index in [9.17, 15) is 9.90 Å². The van der Waals surface area contributed by atoms with Gasteiger partial charge < -0.3 is 25.5 Å². The van der Waals surface area contributed by atoms with Crippen LogP contribution in [0.3, 0.4) is 0 Å². The van der Waals surface area contributed by atoms with E-state index in [0.717, 1.165) is 16.7 Å². The Hall–Kier alpha value is -3.39. The fourth-order valence-electron chi connectivity index (χ4n) is 2.95. The molecule has 0 bridgehead atoms. The van der Waals surface area contributed by atoms with Crippen LogP contribution in [0.15, 0.2) is 42.7 Å². The Morgan fingerprint density at radius 1 is 1.28 bits per heavy atom. The third-order valence-corrected chi connectivity index (χ3v) is 4.37. The number of H-pyrrole nitrogens is 1. The lowest BCUT2D eigenvalue weighted by Crippen LogP contribution is -2.25. The molecule has 0 saturated heterocycles. The number of rotatable bonds is 9. The van der Waals surface area contributed by atoms with Gasteiger partial charge in [0.15, 0.2) is 0 Å². The minimum absolute atomic E-state index is 0.221. The maximum Gasteiger partial charge on any atom is 0.267 e. The Labute approximate surface area is 169 Å². The number of aromatic hydroxyl groups is 1. The number of hydrogen-bond acceptors (Lipinski definition) is 6. The van der Waals surface area contributed by atoms with Gasteiger partial charge in [-0.2, -0.15) is 0 Å². The van der Waals surface area contributed by atoms with Crippen LogP contribution in [0.4, 0.5) is 5.95 Å². The van der Waals surface area contributed by atoms with Crippen molar-refractivity contribution in [2.24, 2.45) is 0 Å². The van der Waals surface area contributed by atoms with Crippen LogP contribution in [-0.4, -0.2) is 46.2 Å². The highest BCUT2D eigenvalue weighted by Crippen LogP contribution is 2.24. The van der Waals surface area contributed by atoms with E-state index in [4.69, 9.17) is 4.74 Å². The number of nitrogens with one attached hydrogen (secondary N) is 3. The molecule has 0 unspecified atom stereocenters. The first kappa shape index (κ1) is 20.3. The molecule has 0 spiro atoms. The van der Waals surface area contributed by atoms with Gasteiger partial charge >= 0.3 is 0 Å². The van der Waals surface area contributed by atoms with Crippen molar-refractivity contribution in [1.29, 1.82) is 0 Å². The summed E-state index contributed by atoms with van der Waals surface area (Å²) in [5, 5.41) is 15.8. The lowest BCUT2D eigenvalue weighted by Gasteiger charge is -2.09. The Balaban J connectivity index is 1.70. The summed E-state index contributed by atoms with van der Waals surface area (Å²) in [6, 6.07) is 8.85. The number of aromatic amines is 1. The molecule has 0 fully saturated rings. The van der Waals surface area contributed by atoms with Crippen LogP contribution in [0, 0.1) is 0 Å². The Morgan fingerprint density at radius 2 is 2.10 bits per heavy atom. The molecule has 0 saturated carbocycles. The molecule has 0 atom stereocenters. The molecule has 0 radical (unpaired) electrons. The summed E-state index contributed by atoms with van der Waals surface area (Å²) in [6.45, 7) is 3.47. The van der Waals surface area contributed by atoms with Crippen molar-refractivity contribution in [1.82, 2.24) is 20.3 Å². The molecule has 0 aliphatic heterocycles. The summed E-state index contributed by atoms with van der Waals surface area (Å²) in [4.78, 5) is 24.3. The van der Waals surface area contributed by atoms with Gasteiger partial charge in [0, 0.05) is 43.7 Å². The Morgan fingerprint density at radius 3 is 2.86 bits per heavy atom. The Kier molecular flexibility index (Phi) is 6.80. The summed E-state index contributed by atoms with van der Waals surface area (Å²) in [7, 11) is 1.61. The van der Waals surface area contributed by atoms with E-state index in [-0.39, 0.29) is 11.7 Å². The van der Waals surface area contributed by atoms with Crippen LogP contribution in [0.1, 0.15) is 28.5 Å². The first-order chi connectivity index (χ1) is 14.1. The highest BCUT2D eigenvalue weighted by Gasteiger charge is 2.14. The van der Waals surface area contributed by atoms with E-state index in [1.165, 1.54) is 0 Å². The lowest BCUT2D eigenvalue weighted by molar-refractivity contribution is 0.0949. The van der Waals surface area contributed by atoms with Crippen molar-refractivity contribution >= 4 is 11.9 Å². The van der Waals surface area contributed by atoms with Gasteiger partial charge in [0.25, 0.3) is 5.91 Å². The van der Waals surface area contributed by atoms with E-state index >= 15 is 0 Å². The molecule has 2 heterocycles. The molecule has 0 aliphatic rings. The average molecular weight is 395 g/mol. The van der Waals surface area contributed by atoms with E-state index < -0.39 is 0 Å². The van der Waals surface area contributed by atoms with Crippen molar-refractivity contribution in [2.45, 2.75) is 20.0 Å². The number of ether oxygens (including phenoxy) is 1. The highest BCUT2D eigenvalue weighted by atomic mass is 16.5. The second kappa shape index (κ2) is 9.70. The molecule has 2 aromatic heterocycles. The number of para-hydroxylation sites is 1. The third-order valence-electron chi connectivity index (χ3n) is 4.37. The van der Waals surface area contributed by atoms with E-state index in [1.807, 2.05) is 19.1 Å². The van der Waals surface area contributed by atoms with Crippen molar-refractivity contribution in [3.63, 3.8) is 0 Å². The zero-order valence-electron chi connectivity index (χ0n) is 16.5. The number of phenolic OH excluding ortho intramolecular Hbond substituents is 1. The summed E-state index contributed by atoms with van der Waals surface area (Å²) in [6.07, 6.45) is 4.01. The lowest BCUT2D eigenvalue weighted by atomic mass is 10.1. The molecule has 1 aromatic carbocycles. The third kappa shape index (κ3) is 5.11. The van der Waals surface area contributed by atoms with Crippen LogP contribution in [-0.2, 0) is 17.8 Å². The molecular weight excluding hydrogens is 370 g/mol. The number of carbonyl (C=O) groups excluding carboxylic acids is 1. The highest BCUT2D eigenvalue weighted by molar-refractivity contribution is 5.93. The van der Waals surface area contributed by atoms with Crippen molar-refractivity contribution < 1.29 is 14.6 Å². The van der Waals surface area contributed by atoms with Crippen molar-refractivity contribution in [3.8, 4) is 17.0 Å².